The molecule has 1 amide bonds. The third-order valence-electron chi connectivity index (χ3n) is 3.39. The molecule has 5 heteroatoms. The molecule has 116 valence electrons. The van der Waals surface area contributed by atoms with E-state index in [1.54, 1.807) is 25.1 Å². The lowest BCUT2D eigenvalue weighted by Gasteiger charge is -2.07. The molecule has 2 aromatic rings. The van der Waals surface area contributed by atoms with E-state index in [9.17, 15) is 19.4 Å². The molecule has 0 radical (unpaired) electrons. The predicted molar refractivity (Wildman–Crippen MR) is 81.1 cm³/mol. The Hall–Kier alpha value is -2.56. The maximum Gasteiger partial charge on any atom is 0.220 e. The Balaban J connectivity index is 1.82. The molecular formula is C17H18FNO3. The number of rotatable bonds is 5. The SMILES string of the molecule is Cc1cc(CNC(=O)CCc2ccc(O)c(O)c2)ccc1F. The molecule has 0 aliphatic heterocycles. The van der Waals surface area contributed by atoms with Crippen molar-refractivity contribution in [2.45, 2.75) is 26.3 Å². The summed E-state index contributed by atoms with van der Waals surface area (Å²) in [5, 5.41) is 21.4. The van der Waals surface area contributed by atoms with Crippen LogP contribution in [0.5, 0.6) is 11.5 Å². The zero-order valence-electron chi connectivity index (χ0n) is 12.3. The van der Waals surface area contributed by atoms with Crippen LogP contribution in [0.1, 0.15) is 23.1 Å². The van der Waals surface area contributed by atoms with E-state index in [0.29, 0.717) is 18.5 Å². The van der Waals surface area contributed by atoms with E-state index in [2.05, 4.69) is 5.32 Å². The number of benzene rings is 2. The minimum Gasteiger partial charge on any atom is -0.504 e. The Bertz CT molecular complexity index is 628. The van der Waals surface area contributed by atoms with Crippen LogP contribution in [0.4, 0.5) is 4.39 Å². The van der Waals surface area contributed by atoms with Crippen molar-refractivity contribution in [3.8, 4) is 11.5 Å². The highest BCUT2D eigenvalue weighted by Gasteiger charge is 2.06. The number of aryl methyl sites for hydroxylation is 2. The first-order chi connectivity index (χ1) is 10.5. The van der Waals surface area contributed by atoms with Gasteiger partial charge in [-0.1, -0.05) is 18.2 Å². The van der Waals surface area contributed by atoms with Gasteiger partial charge in [-0.15, -0.1) is 0 Å². The molecule has 0 aromatic heterocycles. The average Bonchev–Trinajstić information content (AvgIpc) is 2.49. The summed E-state index contributed by atoms with van der Waals surface area (Å²) < 4.78 is 13.1. The first-order valence-corrected chi connectivity index (χ1v) is 6.98. The van der Waals surface area contributed by atoms with Gasteiger partial charge < -0.3 is 15.5 Å². The van der Waals surface area contributed by atoms with Gasteiger partial charge in [-0.3, -0.25) is 4.79 Å². The fourth-order valence-corrected chi connectivity index (χ4v) is 2.09. The van der Waals surface area contributed by atoms with Gasteiger partial charge in [0, 0.05) is 13.0 Å². The second-order valence-corrected chi connectivity index (χ2v) is 5.18. The molecule has 0 saturated carbocycles. The molecule has 3 N–H and O–H groups in total. The van der Waals surface area contributed by atoms with E-state index in [1.165, 1.54) is 18.2 Å². The summed E-state index contributed by atoms with van der Waals surface area (Å²) in [7, 11) is 0. The quantitative estimate of drug-likeness (QED) is 0.744. The molecule has 2 rings (SSSR count). The normalized spacial score (nSPS) is 10.5. The minimum absolute atomic E-state index is 0.130. The summed E-state index contributed by atoms with van der Waals surface area (Å²) in [5.74, 6) is -0.767. The van der Waals surface area contributed by atoms with E-state index in [0.717, 1.165) is 11.1 Å². The summed E-state index contributed by atoms with van der Waals surface area (Å²) in [6.45, 7) is 2.03. The van der Waals surface area contributed by atoms with Crippen LogP contribution < -0.4 is 5.32 Å². The van der Waals surface area contributed by atoms with Gasteiger partial charge in [-0.05, 0) is 48.2 Å². The Labute approximate surface area is 128 Å². The number of nitrogens with one attached hydrogen (secondary N) is 1. The van der Waals surface area contributed by atoms with Crippen molar-refractivity contribution >= 4 is 5.91 Å². The van der Waals surface area contributed by atoms with Gasteiger partial charge in [0.2, 0.25) is 5.91 Å². The molecule has 0 saturated heterocycles. The average molecular weight is 303 g/mol. The summed E-state index contributed by atoms with van der Waals surface area (Å²) in [5.41, 5.74) is 2.16. The topological polar surface area (TPSA) is 69.6 Å². The first kappa shape index (κ1) is 15.8. The number of phenolic OH excluding ortho intramolecular Hbond substituents is 2. The molecule has 0 aliphatic rings. The highest BCUT2D eigenvalue weighted by atomic mass is 19.1. The molecule has 0 heterocycles. The Morgan fingerprint density at radius 3 is 2.50 bits per heavy atom. The fourth-order valence-electron chi connectivity index (χ4n) is 2.09. The maximum absolute atomic E-state index is 13.1. The van der Waals surface area contributed by atoms with Crippen molar-refractivity contribution in [1.29, 1.82) is 0 Å². The number of phenols is 2. The monoisotopic (exact) mass is 303 g/mol. The van der Waals surface area contributed by atoms with Gasteiger partial charge in [0.1, 0.15) is 5.82 Å². The number of hydrogen-bond donors (Lipinski definition) is 3. The molecule has 22 heavy (non-hydrogen) atoms. The number of halogens is 1. The number of carbonyl (C=O) groups excluding carboxylic acids is 1. The van der Waals surface area contributed by atoms with Gasteiger partial charge in [-0.2, -0.15) is 0 Å². The molecule has 0 bridgehead atoms. The fraction of sp³-hybridized carbons (Fsp3) is 0.235. The van der Waals surface area contributed by atoms with Crippen molar-refractivity contribution in [2.75, 3.05) is 0 Å². The number of hydrogen-bond acceptors (Lipinski definition) is 3. The van der Waals surface area contributed by atoms with Crippen LogP contribution in [-0.4, -0.2) is 16.1 Å². The van der Waals surface area contributed by atoms with Crippen molar-refractivity contribution < 1.29 is 19.4 Å². The lowest BCUT2D eigenvalue weighted by atomic mass is 10.1. The van der Waals surface area contributed by atoms with Gasteiger partial charge >= 0.3 is 0 Å². The second-order valence-electron chi connectivity index (χ2n) is 5.18. The summed E-state index contributed by atoms with van der Waals surface area (Å²) in [4.78, 5) is 11.8. The van der Waals surface area contributed by atoms with Crippen molar-refractivity contribution in [2.24, 2.45) is 0 Å². The molecule has 0 aliphatic carbocycles. The molecule has 0 unspecified atom stereocenters. The third-order valence-corrected chi connectivity index (χ3v) is 3.39. The Morgan fingerprint density at radius 1 is 1.09 bits per heavy atom. The number of carbonyl (C=O) groups is 1. The highest BCUT2D eigenvalue weighted by Crippen LogP contribution is 2.25. The van der Waals surface area contributed by atoms with E-state index < -0.39 is 0 Å². The molecule has 0 fully saturated rings. The van der Waals surface area contributed by atoms with Crippen LogP contribution >= 0.6 is 0 Å². The van der Waals surface area contributed by atoms with Crippen molar-refractivity contribution in [3.05, 3.63) is 58.9 Å². The lowest BCUT2D eigenvalue weighted by molar-refractivity contribution is -0.121. The van der Waals surface area contributed by atoms with Gasteiger partial charge in [0.25, 0.3) is 0 Å². The predicted octanol–water partition coefficient (Wildman–Crippen LogP) is 2.79. The Kier molecular flexibility index (Phi) is 4.99. The van der Waals surface area contributed by atoms with E-state index in [-0.39, 0.29) is 29.6 Å². The minimum atomic E-state index is -0.262. The highest BCUT2D eigenvalue weighted by molar-refractivity contribution is 5.76. The van der Waals surface area contributed by atoms with E-state index in [1.807, 2.05) is 0 Å². The number of amides is 1. The van der Waals surface area contributed by atoms with Crippen LogP contribution in [0.3, 0.4) is 0 Å². The number of aromatic hydroxyl groups is 2. The van der Waals surface area contributed by atoms with Gasteiger partial charge in [0.15, 0.2) is 11.5 Å². The largest absolute Gasteiger partial charge is 0.504 e. The smallest absolute Gasteiger partial charge is 0.220 e. The summed E-state index contributed by atoms with van der Waals surface area (Å²) in [6, 6.07) is 9.21. The molecular weight excluding hydrogens is 285 g/mol. The summed E-state index contributed by atoms with van der Waals surface area (Å²) >= 11 is 0. The van der Waals surface area contributed by atoms with Crippen molar-refractivity contribution in [3.63, 3.8) is 0 Å². The molecule has 4 nitrogen and oxygen atoms in total. The first-order valence-electron chi connectivity index (χ1n) is 6.98. The van der Waals surface area contributed by atoms with Crippen molar-refractivity contribution in [1.82, 2.24) is 5.32 Å². The van der Waals surface area contributed by atoms with Crippen LogP contribution in [0, 0.1) is 12.7 Å². The third kappa shape index (κ3) is 4.22. The Morgan fingerprint density at radius 2 is 1.82 bits per heavy atom. The standard InChI is InChI=1S/C17H18FNO3/c1-11-8-13(2-5-14(11)18)10-19-17(22)7-4-12-3-6-15(20)16(21)9-12/h2-3,5-6,8-9,20-21H,4,7,10H2,1H3,(H,19,22). The molecule has 0 spiro atoms. The molecule has 0 atom stereocenters. The van der Waals surface area contributed by atoms with Crippen LogP contribution in [0.25, 0.3) is 0 Å². The second kappa shape index (κ2) is 6.93. The van der Waals surface area contributed by atoms with E-state index in [4.69, 9.17) is 0 Å². The van der Waals surface area contributed by atoms with Crippen LogP contribution in [0.15, 0.2) is 36.4 Å². The van der Waals surface area contributed by atoms with Crippen LogP contribution in [0.2, 0.25) is 0 Å². The lowest BCUT2D eigenvalue weighted by Crippen LogP contribution is -2.23. The van der Waals surface area contributed by atoms with E-state index >= 15 is 0 Å². The maximum atomic E-state index is 13.1. The zero-order valence-corrected chi connectivity index (χ0v) is 12.3. The molecule has 2 aromatic carbocycles. The summed E-state index contributed by atoms with van der Waals surface area (Å²) in [6.07, 6.45) is 0.729. The van der Waals surface area contributed by atoms with Gasteiger partial charge in [-0.25, -0.2) is 4.39 Å². The zero-order chi connectivity index (χ0) is 16.1. The van der Waals surface area contributed by atoms with Gasteiger partial charge in [0.05, 0.1) is 0 Å². The van der Waals surface area contributed by atoms with Crippen LogP contribution in [-0.2, 0) is 17.8 Å².